The second kappa shape index (κ2) is 5.36. The molecule has 0 bridgehead atoms. The van der Waals surface area contributed by atoms with Gasteiger partial charge in [-0.3, -0.25) is 4.98 Å². The van der Waals surface area contributed by atoms with Crippen LogP contribution in [-0.4, -0.2) is 38.3 Å². The van der Waals surface area contributed by atoms with Gasteiger partial charge in [-0.1, -0.05) is 6.92 Å². The Bertz CT molecular complexity index is 369. The summed E-state index contributed by atoms with van der Waals surface area (Å²) in [6, 6.07) is 2.13. The van der Waals surface area contributed by atoms with Gasteiger partial charge in [0.05, 0.1) is 29.9 Å². The lowest BCUT2D eigenvalue weighted by Crippen LogP contribution is -2.43. The third-order valence-electron chi connectivity index (χ3n) is 3.57. The van der Waals surface area contributed by atoms with Crippen molar-refractivity contribution >= 4 is 11.4 Å². The van der Waals surface area contributed by atoms with E-state index in [1.165, 1.54) is 12.1 Å². The Morgan fingerprint density at radius 2 is 2.29 bits per heavy atom. The molecule has 1 aromatic rings. The van der Waals surface area contributed by atoms with Crippen LogP contribution in [-0.2, 0) is 4.74 Å². The van der Waals surface area contributed by atoms with E-state index in [4.69, 9.17) is 4.74 Å². The van der Waals surface area contributed by atoms with Crippen LogP contribution in [0.2, 0.25) is 0 Å². The summed E-state index contributed by atoms with van der Waals surface area (Å²) in [7, 11) is 3.71. The summed E-state index contributed by atoms with van der Waals surface area (Å²) >= 11 is 0. The van der Waals surface area contributed by atoms with E-state index in [0.29, 0.717) is 12.0 Å². The molecule has 1 fully saturated rings. The molecule has 0 radical (unpaired) electrons. The molecule has 0 amide bonds. The van der Waals surface area contributed by atoms with Gasteiger partial charge in [0.15, 0.2) is 0 Å². The first-order valence-electron chi connectivity index (χ1n) is 6.15. The van der Waals surface area contributed by atoms with E-state index < -0.39 is 0 Å². The number of aromatic nitrogens is 1. The van der Waals surface area contributed by atoms with Crippen molar-refractivity contribution in [2.24, 2.45) is 5.92 Å². The first kappa shape index (κ1) is 12.2. The number of pyridine rings is 1. The van der Waals surface area contributed by atoms with Crippen LogP contribution in [0.1, 0.15) is 13.3 Å². The molecule has 2 unspecified atom stereocenters. The van der Waals surface area contributed by atoms with E-state index in [1.54, 1.807) is 7.11 Å². The van der Waals surface area contributed by atoms with Gasteiger partial charge in [-0.25, -0.2) is 0 Å². The van der Waals surface area contributed by atoms with Crippen molar-refractivity contribution in [2.45, 2.75) is 19.4 Å². The smallest absolute Gasteiger partial charge is 0.0772 e. The van der Waals surface area contributed by atoms with Gasteiger partial charge < -0.3 is 15.0 Å². The summed E-state index contributed by atoms with van der Waals surface area (Å²) < 4.78 is 5.53. The molecule has 94 valence electrons. The molecule has 1 aliphatic rings. The molecule has 17 heavy (non-hydrogen) atoms. The molecule has 2 rings (SSSR count). The summed E-state index contributed by atoms with van der Waals surface area (Å²) in [6.45, 7) is 4.29. The van der Waals surface area contributed by atoms with Crippen molar-refractivity contribution in [1.29, 1.82) is 0 Å². The van der Waals surface area contributed by atoms with Crippen molar-refractivity contribution < 1.29 is 4.74 Å². The predicted molar refractivity (Wildman–Crippen MR) is 70.6 cm³/mol. The minimum absolute atomic E-state index is 0.321. The van der Waals surface area contributed by atoms with Gasteiger partial charge in [0.25, 0.3) is 0 Å². The SMILES string of the molecule is CNc1cncc(N2CCC(C)C(OC)C2)c1. The molecule has 0 aliphatic carbocycles. The molecule has 2 heterocycles. The van der Waals surface area contributed by atoms with E-state index in [1.807, 2.05) is 19.4 Å². The summed E-state index contributed by atoms with van der Waals surface area (Å²) in [4.78, 5) is 6.60. The third-order valence-corrected chi connectivity index (χ3v) is 3.57. The summed E-state index contributed by atoms with van der Waals surface area (Å²) in [5.41, 5.74) is 2.22. The fourth-order valence-electron chi connectivity index (χ4n) is 2.31. The maximum absolute atomic E-state index is 5.53. The van der Waals surface area contributed by atoms with Gasteiger partial charge in [-0.2, -0.15) is 0 Å². The Morgan fingerprint density at radius 3 is 3.00 bits per heavy atom. The zero-order valence-corrected chi connectivity index (χ0v) is 10.8. The highest BCUT2D eigenvalue weighted by atomic mass is 16.5. The van der Waals surface area contributed by atoms with Gasteiger partial charge in [-0.15, -0.1) is 0 Å². The monoisotopic (exact) mass is 235 g/mol. The van der Waals surface area contributed by atoms with Crippen molar-refractivity contribution in [3.05, 3.63) is 18.5 Å². The van der Waals surface area contributed by atoms with E-state index >= 15 is 0 Å². The number of methoxy groups -OCH3 is 1. The highest BCUT2D eigenvalue weighted by molar-refractivity contribution is 5.55. The van der Waals surface area contributed by atoms with Crippen LogP contribution < -0.4 is 10.2 Å². The van der Waals surface area contributed by atoms with E-state index in [9.17, 15) is 0 Å². The highest BCUT2D eigenvalue weighted by Gasteiger charge is 2.26. The van der Waals surface area contributed by atoms with Crippen molar-refractivity contribution in [3.63, 3.8) is 0 Å². The van der Waals surface area contributed by atoms with Gasteiger partial charge >= 0.3 is 0 Å². The number of nitrogens with zero attached hydrogens (tertiary/aromatic N) is 2. The molecule has 1 N–H and O–H groups in total. The maximum atomic E-state index is 5.53. The lowest BCUT2D eigenvalue weighted by Gasteiger charge is -2.37. The first-order chi connectivity index (χ1) is 8.24. The van der Waals surface area contributed by atoms with Crippen LogP contribution in [0.5, 0.6) is 0 Å². The lowest BCUT2D eigenvalue weighted by molar-refractivity contribution is 0.0498. The molecule has 4 heteroatoms. The number of rotatable bonds is 3. The molecule has 1 saturated heterocycles. The molecule has 0 saturated carbocycles. The van der Waals surface area contributed by atoms with Crippen LogP contribution in [0.15, 0.2) is 18.5 Å². The van der Waals surface area contributed by atoms with Crippen LogP contribution in [0, 0.1) is 5.92 Å². The number of hydrogen-bond acceptors (Lipinski definition) is 4. The third kappa shape index (κ3) is 2.69. The summed E-state index contributed by atoms with van der Waals surface area (Å²) in [6.07, 6.45) is 5.25. The van der Waals surface area contributed by atoms with Gasteiger partial charge in [0.2, 0.25) is 0 Å². The van der Waals surface area contributed by atoms with Crippen LogP contribution in [0.25, 0.3) is 0 Å². The minimum Gasteiger partial charge on any atom is -0.387 e. The molecule has 1 aromatic heterocycles. The second-order valence-electron chi connectivity index (χ2n) is 4.67. The molecule has 0 spiro atoms. The van der Waals surface area contributed by atoms with E-state index in [0.717, 1.165) is 18.8 Å². The maximum Gasteiger partial charge on any atom is 0.0772 e. The first-order valence-corrected chi connectivity index (χ1v) is 6.15. The van der Waals surface area contributed by atoms with Crippen molar-refractivity contribution in [2.75, 3.05) is 37.5 Å². The molecule has 4 nitrogen and oxygen atoms in total. The lowest BCUT2D eigenvalue weighted by atomic mass is 9.95. The molecular weight excluding hydrogens is 214 g/mol. The zero-order valence-electron chi connectivity index (χ0n) is 10.8. The Labute approximate surface area is 103 Å². The Hall–Kier alpha value is -1.29. The fraction of sp³-hybridized carbons (Fsp3) is 0.615. The fourth-order valence-corrected chi connectivity index (χ4v) is 2.31. The van der Waals surface area contributed by atoms with Gasteiger partial charge in [0.1, 0.15) is 0 Å². The number of ether oxygens (including phenoxy) is 1. The average Bonchev–Trinajstić information content (AvgIpc) is 2.39. The molecule has 2 atom stereocenters. The quantitative estimate of drug-likeness (QED) is 0.869. The number of nitrogens with one attached hydrogen (secondary N) is 1. The number of anilines is 2. The second-order valence-corrected chi connectivity index (χ2v) is 4.67. The summed E-state index contributed by atoms with van der Waals surface area (Å²) in [5.74, 6) is 0.636. The van der Waals surface area contributed by atoms with Gasteiger partial charge in [-0.05, 0) is 18.4 Å². The Kier molecular flexibility index (Phi) is 3.84. The normalized spacial score (nSPS) is 24.8. The Morgan fingerprint density at radius 1 is 1.47 bits per heavy atom. The van der Waals surface area contributed by atoms with Crippen LogP contribution >= 0.6 is 0 Å². The predicted octanol–water partition coefficient (Wildman–Crippen LogP) is 1.98. The number of piperidine rings is 1. The average molecular weight is 235 g/mol. The minimum atomic E-state index is 0.321. The van der Waals surface area contributed by atoms with Crippen LogP contribution in [0.3, 0.4) is 0 Å². The highest BCUT2D eigenvalue weighted by Crippen LogP contribution is 2.25. The standard InChI is InChI=1S/C13H21N3O/c1-10-4-5-16(9-13(10)17-3)12-6-11(14-2)7-15-8-12/h6-8,10,13-14H,4-5,9H2,1-3H3. The van der Waals surface area contributed by atoms with Crippen molar-refractivity contribution in [3.8, 4) is 0 Å². The number of hydrogen-bond donors (Lipinski definition) is 1. The van der Waals surface area contributed by atoms with E-state index in [2.05, 4.69) is 28.2 Å². The molecular formula is C13H21N3O. The van der Waals surface area contributed by atoms with Crippen molar-refractivity contribution in [1.82, 2.24) is 4.98 Å². The molecule has 1 aliphatic heterocycles. The Balaban J connectivity index is 2.11. The van der Waals surface area contributed by atoms with Crippen LogP contribution in [0.4, 0.5) is 11.4 Å². The van der Waals surface area contributed by atoms with E-state index in [-0.39, 0.29) is 0 Å². The zero-order chi connectivity index (χ0) is 12.3. The largest absolute Gasteiger partial charge is 0.387 e. The topological polar surface area (TPSA) is 37.4 Å². The van der Waals surface area contributed by atoms with Gasteiger partial charge in [0, 0.05) is 27.2 Å². The molecule has 0 aromatic carbocycles. The summed E-state index contributed by atoms with van der Waals surface area (Å²) in [5, 5.41) is 3.12.